The van der Waals surface area contributed by atoms with Crippen molar-refractivity contribution in [3.63, 3.8) is 0 Å². The average molecular weight is 273 g/mol. The molecular formula is C14H31N3O2. The first-order valence-corrected chi connectivity index (χ1v) is 7.15. The van der Waals surface area contributed by atoms with Crippen molar-refractivity contribution in [1.29, 1.82) is 0 Å². The predicted octanol–water partition coefficient (Wildman–Crippen LogP) is 1.93. The van der Waals surface area contributed by atoms with Crippen LogP contribution in [0.4, 0.5) is 0 Å². The van der Waals surface area contributed by atoms with E-state index >= 15 is 0 Å². The van der Waals surface area contributed by atoms with E-state index in [1.165, 1.54) is 0 Å². The van der Waals surface area contributed by atoms with Gasteiger partial charge in [0.05, 0.1) is 6.61 Å². The Labute approximate surface area is 117 Å². The van der Waals surface area contributed by atoms with Gasteiger partial charge in [0.25, 0.3) is 0 Å². The smallest absolute Gasteiger partial charge is 0.144 e. The minimum Gasteiger partial charge on any atom is -0.409 e. The first-order valence-electron chi connectivity index (χ1n) is 7.15. The molecule has 0 saturated carbocycles. The number of rotatable bonds is 10. The van der Waals surface area contributed by atoms with Crippen molar-refractivity contribution >= 4 is 5.84 Å². The summed E-state index contributed by atoms with van der Waals surface area (Å²) in [6.07, 6.45) is 3.91. The SMILES string of the molecule is CC(C)CC(CO)NCCCCC(C)(C)C(N)=NO. The van der Waals surface area contributed by atoms with Gasteiger partial charge in [-0.2, -0.15) is 0 Å². The van der Waals surface area contributed by atoms with E-state index in [1.807, 2.05) is 13.8 Å². The van der Waals surface area contributed by atoms with Gasteiger partial charge in [-0.15, -0.1) is 0 Å². The number of nitrogens with zero attached hydrogens (tertiary/aromatic N) is 1. The van der Waals surface area contributed by atoms with Crippen LogP contribution in [-0.4, -0.2) is 35.3 Å². The fourth-order valence-corrected chi connectivity index (χ4v) is 2.05. The van der Waals surface area contributed by atoms with Crippen molar-refractivity contribution in [1.82, 2.24) is 5.32 Å². The van der Waals surface area contributed by atoms with Gasteiger partial charge in [-0.05, 0) is 31.7 Å². The van der Waals surface area contributed by atoms with Gasteiger partial charge in [0.15, 0.2) is 0 Å². The first kappa shape index (κ1) is 18.2. The second kappa shape index (κ2) is 9.15. The van der Waals surface area contributed by atoms with Gasteiger partial charge in [-0.3, -0.25) is 0 Å². The Balaban J connectivity index is 3.81. The van der Waals surface area contributed by atoms with Crippen molar-refractivity contribution in [2.24, 2.45) is 22.2 Å². The molecule has 0 radical (unpaired) electrons. The van der Waals surface area contributed by atoms with Gasteiger partial charge >= 0.3 is 0 Å². The summed E-state index contributed by atoms with van der Waals surface area (Å²) in [5.74, 6) is 0.873. The third-order valence-electron chi connectivity index (χ3n) is 3.44. The molecule has 0 aliphatic heterocycles. The molecule has 5 nitrogen and oxygen atoms in total. The van der Waals surface area contributed by atoms with E-state index in [-0.39, 0.29) is 23.9 Å². The number of aliphatic hydroxyl groups is 1. The zero-order valence-electron chi connectivity index (χ0n) is 12.8. The average Bonchev–Trinajstić information content (AvgIpc) is 2.35. The molecule has 0 aromatic carbocycles. The van der Waals surface area contributed by atoms with E-state index in [0.717, 1.165) is 32.2 Å². The van der Waals surface area contributed by atoms with Gasteiger partial charge in [-0.1, -0.05) is 39.3 Å². The summed E-state index contributed by atoms with van der Waals surface area (Å²) in [5, 5.41) is 24.4. The summed E-state index contributed by atoms with van der Waals surface area (Å²) in [5.41, 5.74) is 5.38. The number of oxime groups is 1. The molecule has 0 fully saturated rings. The molecule has 114 valence electrons. The molecule has 0 spiro atoms. The van der Waals surface area contributed by atoms with Crippen LogP contribution in [0.15, 0.2) is 5.16 Å². The van der Waals surface area contributed by atoms with Gasteiger partial charge in [0.2, 0.25) is 0 Å². The normalized spacial score (nSPS) is 14.9. The zero-order valence-corrected chi connectivity index (χ0v) is 12.8. The third kappa shape index (κ3) is 8.06. The Morgan fingerprint density at radius 1 is 1.32 bits per heavy atom. The molecule has 0 heterocycles. The molecule has 0 aliphatic carbocycles. The summed E-state index contributed by atoms with van der Waals surface area (Å²) >= 11 is 0. The molecule has 5 N–H and O–H groups in total. The molecule has 0 amide bonds. The highest BCUT2D eigenvalue weighted by molar-refractivity contribution is 5.85. The van der Waals surface area contributed by atoms with Gasteiger partial charge in [0, 0.05) is 11.5 Å². The number of amidine groups is 1. The summed E-state index contributed by atoms with van der Waals surface area (Å²) in [4.78, 5) is 0. The topological polar surface area (TPSA) is 90.9 Å². The number of nitrogens with one attached hydrogen (secondary N) is 1. The van der Waals surface area contributed by atoms with E-state index in [0.29, 0.717) is 5.92 Å². The van der Waals surface area contributed by atoms with E-state index in [2.05, 4.69) is 24.3 Å². The van der Waals surface area contributed by atoms with E-state index in [4.69, 9.17) is 10.9 Å². The molecule has 0 aromatic rings. The number of hydrogen-bond donors (Lipinski definition) is 4. The molecule has 19 heavy (non-hydrogen) atoms. The molecule has 1 unspecified atom stereocenters. The molecule has 0 bridgehead atoms. The van der Waals surface area contributed by atoms with Crippen LogP contribution in [0.25, 0.3) is 0 Å². The fraction of sp³-hybridized carbons (Fsp3) is 0.929. The van der Waals surface area contributed by atoms with Crippen LogP contribution in [0.2, 0.25) is 0 Å². The molecule has 0 rings (SSSR count). The van der Waals surface area contributed by atoms with Crippen LogP contribution in [0.5, 0.6) is 0 Å². The minimum absolute atomic E-state index is 0.188. The standard InChI is InChI=1S/C14H31N3O2/c1-11(2)9-12(10-18)16-8-6-5-7-14(3,4)13(15)17-19/h11-12,16,18-19H,5-10H2,1-4H3,(H2,15,17). The second-order valence-corrected chi connectivity index (χ2v) is 6.29. The first-order chi connectivity index (χ1) is 8.83. The molecule has 0 saturated heterocycles. The van der Waals surface area contributed by atoms with Crippen LogP contribution in [0, 0.1) is 11.3 Å². The lowest BCUT2D eigenvalue weighted by Crippen LogP contribution is -2.35. The largest absolute Gasteiger partial charge is 0.409 e. The summed E-state index contributed by atoms with van der Waals surface area (Å²) in [7, 11) is 0. The van der Waals surface area contributed by atoms with Crippen LogP contribution in [0.3, 0.4) is 0 Å². The van der Waals surface area contributed by atoms with Crippen molar-refractivity contribution in [2.75, 3.05) is 13.2 Å². The number of unbranched alkanes of at least 4 members (excludes halogenated alkanes) is 1. The maximum atomic E-state index is 9.24. The van der Waals surface area contributed by atoms with Gasteiger partial charge in [0.1, 0.15) is 5.84 Å². The minimum atomic E-state index is -0.261. The Bertz CT molecular complexity index is 265. The fourth-order valence-electron chi connectivity index (χ4n) is 2.05. The maximum absolute atomic E-state index is 9.24. The number of aliphatic hydroxyl groups excluding tert-OH is 1. The lowest BCUT2D eigenvalue weighted by molar-refractivity contribution is 0.223. The predicted molar refractivity (Wildman–Crippen MR) is 79.4 cm³/mol. The highest BCUT2D eigenvalue weighted by Crippen LogP contribution is 2.23. The Morgan fingerprint density at radius 2 is 1.95 bits per heavy atom. The van der Waals surface area contributed by atoms with Crippen molar-refractivity contribution in [2.45, 2.75) is 59.4 Å². The Kier molecular flexibility index (Phi) is 8.76. The summed E-state index contributed by atoms with van der Waals surface area (Å²) in [6.45, 7) is 9.35. The van der Waals surface area contributed by atoms with Crippen molar-refractivity contribution in [3.8, 4) is 0 Å². The summed E-state index contributed by atoms with van der Waals surface area (Å²) in [6, 6.07) is 0.192. The van der Waals surface area contributed by atoms with Crippen LogP contribution >= 0.6 is 0 Å². The highest BCUT2D eigenvalue weighted by atomic mass is 16.4. The van der Waals surface area contributed by atoms with E-state index in [1.54, 1.807) is 0 Å². The lowest BCUT2D eigenvalue weighted by atomic mass is 9.86. The van der Waals surface area contributed by atoms with Gasteiger partial charge < -0.3 is 21.4 Å². The van der Waals surface area contributed by atoms with Crippen LogP contribution in [0.1, 0.15) is 53.4 Å². The molecule has 0 aliphatic rings. The molecule has 1 atom stereocenters. The molecule has 0 aromatic heterocycles. The highest BCUT2D eigenvalue weighted by Gasteiger charge is 2.22. The van der Waals surface area contributed by atoms with E-state index < -0.39 is 0 Å². The number of hydrogen-bond acceptors (Lipinski definition) is 4. The molecule has 5 heteroatoms. The zero-order chi connectivity index (χ0) is 14.9. The summed E-state index contributed by atoms with van der Waals surface area (Å²) < 4.78 is 0. The Hall–Kier alpha value is -0.810. The third-order valence-corrected chi connectivity index (χ3v) is 3.44. The lowest BCUT2D eigenvalue weighted by Gasteiger charge is -2.23. The second-order valence-electron chi connectivity index (χ2n) is 6.29. The number of nitrogens with two attached hydrogens (primary N) is 1. The van der Waals surface area contributed by atoms with E-state index in [9.17, 15) is 5.11 Å². The van der Waals surface area contributed by atoms with Crippen molar-refractivity contribution in [3.05, 3.63) is 0 Å². The molecular weight excluding hydrogens is 242 g/mol. The quantitative estimate of drug-likeness (QED) is 0.161. The van der Waals surface area contributed by atoms with Crippen LogP contribution < -0.4 is 11.1 Å². The van der Waals surface area contributed by atoms with Crippen molar-refractivity contribution < 1.29 is 10.3 Å². The maximum Gasteiger partial charge on any atom is 0.144 e. The monoisotopic (exact) mass is 273 g/mol. The van der Waals surface area contributed by atoms with Gasteiger partial charge in [-0.25, -0.2) is 0 Å². The Morgan fingerprint density at radius 3 is 2.42 bits per heavy atom. The van der Waals surface area contributed by atoms with Crippen LogP contribution in [-0.2, 0) is 0 Å².